The molecule has 0 spiro atoms. The zero-order valence-electron chi connectivity index (χ0n) is 21.3. The molecule has 1 fully saturated rings. The Bertz CT molecular complexity index is 1620. The number of rotatable bonds is 1. The zero-order valence-corrected chi connectivity index (χ0v) is 22.0. The van der Waals surface area contributed by atoms with Crippen LogP contribution in [0.2, 0.25) is 5.02 Å². The molecule has 0 unspecified atom stereocenters. The molecule has 6 rings (SSSR count). The zero-order chi connectivity index (χ0) is 26.9. The smallest absolute Gasteiger partial charge is 0.410 e. The van der Waals surface area contributed by atoms with E-state index < -0.39 is 23.3 Å². The maximum absolute atomic E-state index is 16.2. The van der Waals surface area contributed by atoms with Gasteiger partial charge in [0.25, 0.3) is 0 Å². The van der Waals surface area contributed by atoms with Crippen LogP contribution in [-0.2, 0) is 11.8 Å². The minimum Gasteiger partial charge on any atom is -0.489 e. The molecule has 198 valence electrons. The van der Waals surface area contributed by atoms with E-state index in [1.54, 1.807) is 22.6 Å². The van der Waals surface area contributed by atoms with Crippen molar-refractivity contribution in [2.75, 3.05) is 31.1 Å². The van der Waals surface area contributed by atoms with Crippen LogP contribution in [0.15, 0.2) is 24.8 Å². The number of benzene rings is 2. The molecule has 2 aromatic heterocycles. The van der Waals surface area contributed by atoms with E-state index >= 15 is 8.78 Å². The highest BCUT2D eigenvalue weighted by atomic mass is 35.5. The first-order valence-corrected chi connectivity index (χ1v) is 12.6. The van der Waals surface area contributed by atoms with Crippen molar-refractivity contribution < 1.29 is 23.0 Å². The quantitative estimate of drug-likeness (QED) is 0.337. The molecule has 4 heterocycles. The molecule has 2 aliphatic rings. The van der Waals surface area contributed by atoms with Crippen LogP contribution in [0.1, 0.15) is 20.8 Å². The number of fused-ring (bicyclic) bond motifs is 3. The normalized spacial score (nSPS) is 17.4. The van der Waals surface area contributed by atoms with E-state index in [-0.39, 0.29) is 45.6 Å². The van der Waals surface area contributed by atoms with Gasteiger partial charge in [-0.3, -0.25) is 0 Å². The molecule has 1 atom stereocenters. The predicted molar refractivity (Wildman–Crippen MR) is 139 cm³/mol. The molecule has 9 nitrogen and oxygen atoms in total. The molecule has 1 amide bonds. The second-order valence-electron chi connectivity index (χ2n) is 10.5. The molecular formula is C26H25ClF2N6O3. The Kier molecular flexibility index (Phi) is 5.60. The lowest BCUT2D eigenvalue weighted by Crippen LogP contribution is -2.57. The standard InChI is InChI=1S/C26H25ClF2N6O3/c1-26(2,3)38-25(36)34-7-8-35-13(9-34)10-37-23-18-22(30-11-31-24(18)35)20(29)17(19(23)27)16-14(28)5-6-15-21(16)32-12-33(15)4/h5-6,11-13H,7-10H2,1-4H3/t13-/m0/s1. The average molecular weight is 543 g/mol. The number of imidazole rings is 1. The van der Waals surface area contributed by atoms with Crippen LogP contribution >= 0.6 is 11.6 Å². The van der Waals surface area contributed by atoms with E-state index in [2.05, 4.69) is 15.0 Å². The van der Waals surface area contributed by atoms with Crippen LogP contribution in [0.4, 0.5) is 19.4 Å². The van der Waals surface area contributed by atoms with Crippen molar-refractivity contribution in [1.82, 2.24) is 24.4 Å². The van der Waals surface area contributed by atoms with E-state index in [0.717, 1.165) is 0 Å². The van der Waals surface area contributed by atoms with Crippen molar-refractivity contribution in [3.05, 3.63) is 41.4 Å². The first kappa shape index (κ1) is 24.6. The van der Waals surface area contributed by atoms with Crippen LogP contribution in [-0.4, -0.2) is 68.4 Å². The topological polar surface area (TPSA) is 85.6 Å². The van der Waals surface area contributed by atoms with Gasteiger partial charge < -0.3 is 23.8 Å². The number of ether oxygens (including phenoxy) is 2. The van der Waals surface area contributed by atoms with Gasteiger partial charge in [-0.2, -0.15) is 0 Å². The first-order valence-electron chi connectivity index (χ1n) is 12.2. The summed E-state index contributed by atoms with van der Waals surface area (Å²) < 4.78 is 44.9. The fourth-order valence-corrected chi connectivity index (χ4v) is 5.45. The lowest BCUT2D eigenvalue weighted by molar-refractivity contribution is 0.0202. The Hall–Kier alpha value is -3.73. The number of carbonyl (C=O) groups excluding carboxylic acids is 1. The molecule has 0 saturated carbocycles. The third-order valence-electron chi connectivity index (χ3n) is 6.82. The molecule has 2 aromatic carbocycles. The molecule has 0 N–H and O–H groups in total. The van der Waals surface area contributed by atoms with Crippen LogP contribution in [0.25, 0.3) is 33.1 Å². The Balaban J connectivity index is 1.48. The number of nitrogens with zero attached hydrogens (tertiary/aromatic N) is 6. The second-order valence-corrected chi connectivity index (χ2v) is 10.9. The third-order valence-corrected chi connectivity index (χ3v) is 7.18. The van der Waals surface area contributed by atoms with Gasteiger partial charge in [0.05, 0.1) is 39.4 Å². The number of amides is 1. The number of halogens is 3. The van der Waals surface area contributed by atoms with Crippen molar-refractivity contribution in [3.63, 3.8) is 0 Å². The Morgan fingerprint density at radius 3 is 2.68 bits per heavy atom. The van der Waals surface area contributed by atoms with Gasteiger partial charge >= 0.3 is 6.09 Å². The minimum absolute atomic E-state index is 0.0352. The van der Waals surface area contributed by atoms with Gasteiger partial charge in [-0.05, 0) is 32.9 Å². The third kappa shape index (κ3) is 3.79. The lowest BCUT2D eigenvalue weighted by Gasteiger charge is -2.41. The summed E-state index contributed by atoms with van der Waals surface area (Å²) in [6.45, 7) is 6.68. The van der Waals surface area contributed by atoms with E-state index in [1.807, 2.05) is 25.7 Å². The summed E-state index contributed by atoms with van der Waals surface area (Å²) in [5.74, 6) is -0.847. The van der Waals surface area contributed by atoms with Crippen LogP contribution in [0.3, 0.4) is 0 Å². The largest absolute Gasteiger partial charge is 0.489 e. The van der Waals surface area contributed by atoms with Crippen LogP contribution in [0.5, 0.6) is 5.75 Å². The second kappa shape index (κ2) is 8.65. The highest BCUT2D eigenvalue weighted by Crippen LogP contribution is 2.49. The van der Waals surface area contributed by atoms with Gasteiger partial charge in [-0.1, -0.05) is 11.6 Å². The van der Waals surface area contributed by atoms with E-state index in [0.29, 0.717) is 36.4 Å². The summed E-state index contributed by atoms with van der Waals surface area (Å²) in [7, 11) is 1.77. The number of carbonyl (C=O) groups is 1. The summed E-state index contributed by atoms with van der Waals surface area (Å²) in [6, 6.07) is 2.53. The fraction of sp³-hybridized carbons (Fsp3) is 0.385. The highest BCUT2D eigenvalue weighted by molar-refractivity contribution is 6.37. The van der Waals surface area contributed by atoms with Crippen molar-refractivity contribution >= 4 is 45.4 Å². The molecule has 4 aromatic rings. The Labute approximate surface area is 221 Å². The number of piperazine rings is 1. The highest BCUT2D eigenvalue weighted by Gasteiger charge is 2.38. The van der Waals surface area contributed by atoms with E-state index in [1.165, 1.54) is 18.7 Å². The van der Waals surface area contributed by atoms with E-state index in [4.69, 9.17) is 21.1 Å². The molecule has 2 aliphatic heterocycles. The summed E-state index contributed by atoms with van der Waals surface area (Å²) in [5, 5.41) is 0.215. The summed E-state index contributed by atoms with van der Waals surface area (Å²) in [5.41, 5.74) is -0.00997. The molecule has 38 heavy (non-hydrogen) atoms. The van der Waals surface area contributed by atoms with Gasteiger partial charge in [0.2, 0.25) is 0 Å². The first-order chi connectivity index (χ1) is 18.0. The number of anilines is 1. The number of aryl methyl sites for hydroxylation is 1. The van der Waals surface area contributed by atoms with Gasteiger partial charge in [-0.15, -0.1) is 0 Å². The van der Waals surface area contributed by atoms with Gasteiger partial charge in [0, 0.05) is 32.2 Å². The summed E-state index contributed by atoms with van der Waals surface area (Å²) in [6.07, 6.45) is 2.38. The maximum Gasteiger partial charge on any atom is 0.410 e. The molecule has 0 bridgehead atoms. The van der Waals surface area contributed by atoms with Gasteiger partial charge in [-0.25, -0.2) is 28.5 Å². The summed E-state index contributed by atoms with van der Waals surface area (Å²) in [4.78, 5) is 29.3. The van der Waals surface area contributed by atoms with Crippen molar-refractivity contribution in [2.24, 2.45) is 7.05 Å². The fourth-order valence-electron chi connectivity index (χ4n) is 5.13. The predicted octanol–water partition coefficient (Wildman–Crippen LogP) is 4.93. The van der Waals surface area contributed by atoms with Crippen LogP contribution in [0, 0.1) is 11.6 Å². The van der Waals surface area contributed by atoms with Crippen molar-refractivity contribution in [1.29, 1.82) is 0 Å². The summed E-state index contributed by atoms with van der Waals surface area (Å²) >= 11 is 6.81. The molecule has 12 heteroatoms. The molecular weight excluding hydrogens is 518 g/mol. The Morgan fingerprint density at radius 2 is 1.92 bits per heavy atom. The lowest BCUT2D eigenvalue weighted by atomic mass is 9.99. The number of hydrogen-bond acceptors (Lipinski definition) is 7. The molecule has 0 aliphatic carbocycles. The maximum atomic E-state index is 16.2. The average Bonchev–Trinajstić information content (AvgIpc) is 3.15. The number of hydrogen-bond donors (Lipinski definition) is 0. The van der Waals surface area contributed by atoms with Gasteiger partial charge in [0.1, 0.15) is 35.7 Å². The van der Waals surface area contributed by atoms with Gasteiger partial charge in [0.15, 0.2) is 11.6 Å². The van der Waals surface area contributed by atoms with E-state index in [9.17, 15) is 4.79 Å². The molecule has 1 saturated heterocycles. The van der Waals surface area contributed by atoms with Crippen molar-refractivity contribution in [3.8, 4) is 16.9 Å². The molecule has 0 radical (unpaired) electrons. The number of aromatic nitrogens is 4. The SMILES string of the molecule is Cn1cnc2c(-c3c(Cl)c4c5c(ncnc5c3F)N3CCN(C(=O)OC(C)(C)C)C[C@H]3CO4)c(F)ccc21. The van der Waals surface area contributed by atoms with Crippen molar-refractivity contribution in [2.45, 2.75) is 32.4 Å². The minimum atomic E-state index is -0.788. The monoisotopic (exact) mass is 542 g/mol. The Morgan fingerprint density at radius 1 is 1.13 bits per heavy atom. The van der Waals surface area contributed by atoms with Crippen LogP contribution < -0.4 is 9.64 Å².